The van der Waals surface area contributed by atoms with Gasteiger partial charge in [0.2, 0.25) is 0 Å². The molecule has 0 aromatic heterocycles. The number of hydrogen-bond acceptors (Lipinski definition) is 4. The minimum Gasteiger partial charge on any atom is -0.497 e. The molecule has 0 bridgehead atoms. The average Bonchev–Trinajstić information content (AvgIpc) is 2.72. The van der Waals surface area contributed by atoms with Gasteiger partial charge in [-0.15, -0.1) is 0 Å². The Kier molecular flexibility index (Phi) is 7.06. The third kappa shape index (κ3) is 5.12. The van der Waals surface area contributed by atoms with Crippen molar-refractivity contribution in [2.24, 2.45) is 0 Å². The maximum Gasteiger partial charge on any atom is 0.167 e. The fourth-order valence-corrected chi connectivity index (χ4v) is 3.41. The van der Waals surface area contributed by atoms with E-state index in [1.807, 2.05) is 60.7 Å². The quantitative estimate of drug-likeness (QED) is 0.426. The third-order valence-electron chi connectivity index (χ3n) is 4.22. The van der Waals surface area contributed by atoms with Gasteiger partial charge in [-0.25, -0.2) is 0 Å². The van der Waals surface area contributed by atoms with Crippen molar-refractivity contribution in [1.82, 2.24) is 0 Å². The molecule has 0 spiro atoms. The summed E-state index contributed by atoms with van der Waals surface area (Å²) in [6.07, 6.45) is 0. The van der Waals surface area contributed by atoms with Crippen molar-refractivity contribution < 1.29 is 14.2 Å². The van der Waals surface area contributed by atoms with Crippen molar-refractivity contribution in [1.29, 1.82) is 0 Å². The van der Waals surface area contributed by atoms with E-state index in [1.165, 1.54) is 0 Å². The van der Waals surface area contributed by atoms with E-state index >= 15 is 0 Å². The molecular formula is C22H21BrClNO3. The summed E-state index contributed by atoms with van der Waals surface area (Å²) in [4.78, 5) is 0. The molecule has 0 saturated carbocycles. The highest BCUT2D eigenvalue weighted by molar-refractivity contribution is 9.10. The number of rotatable bonds is 8. The Balaban J connectivity index is 1.80. The van der Waals surface area contributed by atoms with Gasteiger partial charge in [-0.2, -0.15) is 0 Å². The first-order valence-electron chi connectivity index (χ1n) is 8.71. The first-order chi connectivity index (χ1) is 13.6. The van der Waals surface area contributed by atoms with Gasteiger partial charge in [0.05, 0.1) is 14.2 Å². The molecule has 0 radical (unpaired) electrons. The molecule has 6 heteroatoms. The monoisotopic (exact) mass is 461 g/mol. The summed E-state index contributed by atoms with van der Waals surface area (Å²) in [6, 6.07) is 19.2. The molecule has 0 aliphatic carbocycles. The van der Waals surface area contributed by atoms with Crippen molar-refractivity contribution in [2.45, 2.75) is 13.2 Å². The molecule has 0 saturated heterocycles. The molecule has 0 heterocycles. The predicted molar refractivity (Wildman–Crippen MR) is 117 cm³/mol. The minimum absolute atomic E-state index is 0.392. The normalized spacial score (nSPS) is 10.4. The molecule has 0 amide bonds. The van der Waals surface area contributed by atoms with Crippen LogP contribution < -0.4 is 19.5 Å². The second-order valence-corrected chi connectivity index (χ2v) is 7.35. The molecule has 3 aromatic carbocycles. The lowest BCUT2D eigenvalue weighted by atomic mass is 10.1. The number of hydrogen-bond donors (Lipinski definition) is 1. The highest BCUT2D eigenvalue weighted by atomic mass is 79.9. The Labute approximate surface area is 178 Å². The molecule has 1 N–H and O–H groups in total. The maximum atomic E-state index is 6.13. The zero-order chi connectivity index (χ0) is 19.9. The molecule has 3 rings (SSSR count). The molecule has 0 unspecified atom stereocenters. The summed E-state index contributed by atoms with van der Waals surface area (Å²) in [5, 5.41) is 4.09. The molecular weight excluding hydrogens is 442 g/mol. The number of benzene rings is 3. The number of ether oxygens (including phenoxy) is 3. The Bertz CT molecular complexity index is 932. The summed E-state index contributed by atoms with van der Waals surface area (Å²) in [5.41, 5.74) is 2.94. The van der Waals surface area contributed by atoms with Crippen molar-refractivity contribution in [3.05, 3.63) is 81.3 Å². The standard InChI is InChI=1S/C22H21BrClNO3/c1-26-18-8-6-17(7-9-18)25-13-19-20(23)10-11-21(27-2)22(19)28-14-15-4-3-5-16(24)12-15/h3-12,25H,13-14H2,1-2H3. The molecule has 28 heavy (non-hydrogen) atoms. The van der Waals surface area contributed by atoms with Gasteiger partial charge in [0.1, 0.15) is 12.4 Å². The van der Waals surface area contributed by atoms with E-state index in [2.05, 4.69) is 21.2 Å². The van der Waals surface area contributed by atoms with E-state index in [0.717, 1.165) is 27.0 Å². The van der Waals surface area contributed by atoms with Crippen LogP contribution in [0.25, 0.3) is 0 Å². The van der Waals surface area contributed by atoms with E-state index in [0.29, 0.717) is 29.7 Å². The van der Waals surface area contributed by atoms with E-state index < -0.39 is 0 Å². The summed E-state index contributed by atoms with van der Waals surface area (Å²) in [5.74, 6) is 2.19. The van der Waals surface area contributed by atoms with E-state index in [4.69, 9.17) is 25.8 Å². The second-order valence-electron chi connectivity index (χ2n) is 6.06. The Morgan fingerprint density at radius 2 is 1.75 bits per heavy atom. The van der Waals surface area contributed by atoms with Gasteiger partial charge < -0.3 is 19.5 Å². The van der Waals surface area contributed by atoms with Crippen LogP contribution in [-0.4, -0.2) is 14.2 Å². The highest BCUT2D eigenvalue weighted by Crippen LogP contribution is 2.37. The first-order valence-corrected chi connectivity index (χ1v) is 9.88. The van der Waals surface area contributed by atoms with Crippen LogP contribution in [0.15, 0.2) is 65.1 Å². The van der Waals surface area contributed by atoms with Crippen molar-refractivity contribution in [3.8, 4) is 17.2 Å². The van der Waals surface area contributed by atoms with Gasteiger partial charge in [-0.05, 0) is 54.1 Å². The first kappa shape index (κ1) is 20.4. The highest BCUT2D eigenvalue weighted by Gasteiger charge is 2.15. The summed E-state index contributed by atoms with van der Waals surface area (Å²) in [7, 11) is 3.29. The minimum atomic E-state index is 0.392. The number of anilines is 1. The number of nitrogens with one attached hydrogen (secondary N) is 1. The molecule has 0 fully saturated rings. The number of halogens is 2. The van der Waals surface area contributed by atoms with Crippen LogP contribution in [0, 0.1) is 0 Å². The zero-order valence-corrected chi connectivity index (χ0v) is 18.0. The van der Waals surface area contributed by atoms with Crippen molar-refractivity contribution in [3.63, 3.8) is 0 Å². The van der Waals surface area contributed by atoms with E-state index in [1.54, 1.807) is 14.2 Å². The van der Waals surface area contributed by atoms with Crippen molar-refractivity contribution >= 4 is 33.2 Å². The summed E-state index contributed by atoms with van der Waals surface area (Å²) >= 11 is 9.70. The maximum absolute atomic E-state index is 6.13. The van der Waals surface area contributed by atoms with Crippen molar-refractivity contribution in [2.75, 3.05) is 19.5 Å². The van der Waals surface area contributed by atoms with Gasteiger partial charge in [0.15, 0.2) is 11.5 Å². The summed E-state index contributed by atoms with van der Waals surface area (Å²) < 4.78 is 17.8. The topological polar surface area (TPSA) is 39.7 Å². The molecule has 146 valence electrons. The summed E-state index contributed by atoms with van der Waals surface area (Å²) in [6.45, 7) is 0.956. The van der Waals surface area contributed by atoms with Crippen LogP contribution in [0.4, 0.5) is 5.69 Å². The smallest absolute Gasteiger partial charge is 0.167 e. The predicted octanol–water partition coefficient (Wildman–Crippen LogP) is 6.31. The number of methoxy groups -OCH3 is 2. The van der Waals surface area contributed by atoms with Crippen LogP contribution in [0.3, 0.4) is 0 Å². The van der Waals surface area contributed by atoms with Crippen LogP contribution in [0.1, 0.15) is 11.1 Å². The van der Waals surface area contributed by atoms with Gasteiger partial charge in [0, 0.05) is 27.3 Å². The third-order valence-corrected chi connectivity index (χ3v) is 5.20. The Morgan fingerprint density at radius 1 is 0.964 bits per heavy atom. The van der Waals surface area contributed by atoms with Gasteiger partial charge in [0.25, 0.3) is 0 Å². The fourth-order valence-electron chi connectivity index (χ4n) is 2.75. The Hall–Kier alpha value is -2.37. The second kappa shape index (κ2) is 9.71. The lowest BCUT2D eigenvalue weighted by Gasteiger charge is -2.18. The average molecular weight is 463 g/mol. The van der Waals surface area contributed by atoms with Gasteiger partial charge >= 0.3 is 0 Å². The largest absolute Gasteiger partial charge is 0.497 e. The Morgan fingerprint density at radius 3 is 2.43 bits per heavy atom. The van der Waals surface area contributed by atoms with Gasteiger partial charge in [-0.3, -0.25) is 0 Å². The van der Waals surface area contributed by atoms with E-state index in [-0.39, 0.29) is 0 Å². The van der Waals surface area contributed by atoms with Crippen LogP contribution >= 0.6 is 27.5 Å². The van der Waals surface area contributed by atoms with Crippen LogP contribution in [0.2, 0.25) is 5.02 Å². The lowest BCUT2D eigenvalue weighted by molar-refractivity contribution is 0.281. The van der Waals surface area contributed by atoms with Gasteiger partial charge in [-0.1, -0.05) is 39.7 Å². The molecule has 0 aliphatic rings. The molecule has 0 aliphatic heterocycles. The van der Waals surface area contributed by atoms with E-state index in [9.17, 15) is 0 Å². The SMILES string of the molecule is COc1ccc(NCc2c(Br)ccc(OC)c2OCc2cccc(Cl)c2)cc1. The molecule has 4 nitrogen and oxygen atoms in total. The zero-order valence-electron chi connectivity index (χ0n) is 15.7. The van der Waals surface area contributed by atoms with Crippen LogP contribution in [0.5, 0.6) is 17.2 Å². The van der Waals surface area contributed by atoms with Crippen LogP contribution in [-0.2, 0) is 13.2 Å². The molecule has 0 atom stereocenters. The lowest BCUT2D eigenvalue weighted by Crippen LogP contribution is -2.06. The fraction of sp³-hybridized carbons (Fsp3) is 0.182. The molecule has 3 aromatic rings.